The van der Waals surface area contributed by atoms with Crippen LogP contribution in [0.25, 0.3) is 0 Å². The number of nitrogens with zero attached hydrogens (tertiary/aromatic N) is 1. The summed E-state index contributed by atoms with van der Waals surface area (Å²) in [5.74, 6) is -0.225. The smallest absolute Gasteiger partial charge is 0.236 e. The van der Waals surface area contributed by atoms with Crippen LogP contribution in [-0.4, -0.2) is 30.4 Å². The zero-order valence-corrected chi connectivity index (χ0v) is 12.3. The first-order valence-electron chi connectivity index (χ1n) is 6.01. The van der Waals surface area contributed by atoms with Crippen molar-refractivity contribution in [1.82, 2.24) is 10.2 Å². The van der Waals surface area contributed by atoms with Gasteiger partial charge in [0.2, 0.25) is 5.91 Å². The second-order valence-corrected chi connectivity index (χ2v) is 4.68. The van der Waals surface area contributed by atoms with Crippen LogP contribution in [0.2, 0.25) is 0 Å². The number of amides is 1. The Bertz CT molecular complexity index is 408. The predicted molar refractivity (Wildman–Crippen MR) is 73.7 cm³/mol. The number of rotatable bonds is 6. The fourth-order valence-electron chi connectivity index (χ4n) is 1.68. The van der Waals surface area contributed by atoms with E-state index in [0.29, 0.717) is 24.1 Å². The van der Waals surface area contributed by atoms with E-state index in [1.54, 1.807) is 11.0 Å². The molecule has 0 aliphatic carbocycles. The van der Waals surface area contributed by atoms with Gasteiger partial charge in [-0.2, -0.15) is 0 Å². The lowest BCUT2D eigenvalue weighted by molar-refractivity contribution is -0.129. The second-order valence-electron chi connectivity index (χ2n) is 3.88. The van der Waals surface area contributed by atoms with Gasteiger partial charge in [0.1, 0.15) is 5.82 Å². The highest BCUT2D eigenvalue weighted by Gasteiger charge is 2.09. The molecule has 0 saturated carbocycles. The minimum Gasteiger partial charge on any atom is -0.342 e. The molecule has 1 amide bonds. The molecule has 0 saturated heterocycles. The highest BCUT2D eigenvalue weighted by Crippen LogP contribution is 2.19. The van der Waals surface area contributed by atoms with Crippen LogP contribution in [0.4, 0.5) is 4.39 Å². The van der Waals surface area contributed by atoms with Gasteiger partial charge in [0, 0.05) is 19.6 Å². The van der Waals surface area contributed by atoms with E-state index in [1.165, 1.54) is 6.07 Å². The van der Waals surface area contributed by atoms with Crippen LogP contribution in [0.15, 0.2) is 22.7 Å². The lowest BCUT2D eigenvalue weighted by atomic mass is 10.2. The molecule has 0 spiro atoms. The molecule has 3 nitrogen and oxygen atoms in total. The van der Waals surface area contributed by atoms with Crippen molar-refractivity contribution < 1.29 is 9.18 Å². The van der Waals surface area contributed by atoms with Crippen LogP contribution >= 0.6 is 15.9 Å². The van der Waals surface area contributed by atoms with E-state index in [9.17, 15) is 9.18 Å². The molecule has 0 aliphatic heterocycles. The summed E-state index contributed by atoms with van der Waals surface area (Å²) in [6, 6.07) is 4.88. The fourth-order valence-corrected chi connectivity index (χ4v) is 2.08. The molecule has 0 aromatic heterocycles. The highest BCUT2D eigenvalue weighted by atomic mass is 79.9. The average Bonchev–Trinajstić information content (AvgIpc) is 2.36. The zero-order chi connectivity index (χ0) is 13.5. The Morgan fingerprint density at radius 3 is 2.67 bits per heavy atom. The number of benzene rings is 1. The van der Waals surface area contributed by atoms with Gasteiger partial charge in [0.05, 0.1) is 11.0 Å². The number of hydrogen-bond donors (Lipinski definition) is 1. The molecule has 0 fully saturated rings. The SMILES string of the molecule is CCN(CC)C(=O)CNCc1cccc(F)c1Br. The summed E-state index contributed by atoms with van der Waals surface area (Å²) >= 11 is 3.19. The van der Waals surface area contributed by atoms with Crippen molar-refractivity contribution in [2.45, 2.75) is 20.4 Å². The molecule has 0 aliphatic rings. The lowest BCUT2D eigenvalue weighted by Gasteiger charge is -2.18. The van der Waals surface area contributed by atoms with Gasteiger partial charge in [-0.05, 0) is 41.4 Å². The molecular formula is C13H18BrFN2O. The number of hydrogen-bond acceptors (Lipinski definition) is 2. The second kappa shape index (κ2) is 7.48. The van der Waals surface area contributed by atoms with Crippen LogP contribution in [-0.2, 0) is 11.3 Å². The first kappa shape index (κ1) is 15.1. The summed E-state index contributed by atoms with van der Waals surface area (Å²) in [4.78, 5) is 13.5. The highest BCUT2D eigenvalue weighted by molar-refractivity contribution is 9.10. The summed E-state index contributed by atoms with van der Waals surface area (Å²) in [5.41, 5.74) is 0.808. The minimum atomic E-state index is -0.288. The Kier molecular flexibility index (Phi) is 6.29. The molecular weight excluding hydrogens is 299 g/mol. The van der Waals surface area contributed by atoms with Gasteiger partial charge in [-0.15, -0.1) is 0 Å². The largest absolute Gasteiger partial charge is 0.342 e. The summed E-state index contributed by atoms with van der Waals surface area (Å²) in [5, 5.41) is 3.03. The summed E-state index contributed by atoms with van der Waals surface area (Å²) in [6.07, 6.45) is 0. The molecule has 0 unspecified atom stereocenters. The third-order valence-electron chi connectivity index (χ3n) is 2.74. The van der Waals surface area contributed by atoms with Crippen molar-refractivity contribution in [1.29, 1.82) is 0 Å². The first-order chi connectivity index (χ1) is 8.60. The summed E-state index contributed by atoms with van der Waals surface area (Å²) in [6.45, 7) is 6.05. The van der Waals surface area contributed by atoms with Crippen LogP contribution in [0.1, 0.15) is 19.4 Å². The zero-order valence-electron chi connectivity index (χ0n) is 10.7. The number of carbonyl (C=O) groups excluding carboxylic acids is 1. The van der Waals surface area contributed by atoms with Gasteiger partial charge >= 0.3 is 0 Å². The number of nitrogens with one attached hydrogen (secondary N) is 1. The number of carbonyl (C=O) groups is 1. The minimum absolute atomic E-state index is 0.0625. The van der Waals surface area contributed by atoms with Crippen molar-refractivity contribution in [3.8, 4) is 0 Å². The maximum Gasteiger partial charge on any atom is 0.236 e. The van der Waals surface area contributed by atoms with E-state index in [0.717, 1.165) is 5.56 Å². The Morgan fingerprint density at radius 1 is 1.39 bits per heavy atom. The van der Waals surface area contributed by atoms with Crippen LogP contribution in [0, 0.1) is 5.82 Å². The molecule has 18 heavy (non-hydrogen) atoms. The van der Waals surface area contributed by atoms with Gasteiger partial charge in [-0.3, -0.25) is 4.79 Å². The maximum absolute atomic E-state index is 13.3. The van der Waals surface area contributed by atoms with Crippen molar-refractivity contribution in [3.63, 3.8) is 0 Å². The van der Waals surface area contributed by atoms with Crippen molar-refractivity contribution in [3.05, 3.63) is 34.1 Å². The molecule has 1 rings (SSSR count). The van der Waals surface area contributed by atoms with Gasteiger partial charge < -0.3 is 10.2 Å². The fraction of sp³-hybridized carbons (Fsp3) is 0.462. The lowest BCUT2D eigenvalue weighted by Crippen LogP contribution is -2.37. The number of halogens is 2. The monoisotopic (exact) mass is 316 g/mol. The Morgan fingerprint density at radius 2 is 2.06 bits per heavy atom. The normalized spacial score (nSPS) is 10.4. The van der Waals surface area contributed by atoms with Crippen molar-refractivity contribution in [2.75, 3.05) is 19.6 Å². The molecule has 0 heterocycles. The molecule has 0 atom stereocenters. The Labute approximate surface area is 115 Å². The predicted octanol–water partition coefficient (Wildman–Crippen LogP) is 2.55. The van der Waals surface area contributed by atoms with Gasteiger partial charge in [-0.1, -0.05) is 12.1 Å². The molecule has 100 valence electrons. The van der Waals surface area contributed by atoms with E-state index in [2.05, 4.69) is 21.2 Å². The quantitative estimate of drug-likeness (QED) is 0.874. The standard InChI is InChI=1S/C13H18BrFN2O/c1-3-17(4-2)12(18)9-16-8-10-6-5-7-11(15)13(10)14/h5-7,16H,3-4,8-9H2,1-2H3. The Hall–Kier alpha value is -0.940. The van der Waals surface area contributed by atoms with E-state index in [-0.39, 0.29) is 18.3 Å². The molecule has 0 bridgehead atoms. The first-order valence-corrected chi connectivity index (χ1v) is 6.80. The maximum atomic E-state index is 13.3. The van der Waals surface area contributed by atoms with E-state index < -0.39 is 0 Å². The number of likely N-dealkylation sites (N-methyl/N-ethyl adjacent to an activating group) is 1. The third kappa shape index (κ3) is 4.07. The topological polar surface area (TPSA) is 32.3 Å². The van der Waals surface area contributed by atoms with Gasteiger partial charge in [-0.25, -0.2) is 4.39 Å². The van der Waals surface area contributed by atoms with Gasteiger partial charge in [0.15, 0.2) is 0 Å². The van der Waals surface area contributed by atoms with Crippen LogP contribution in [0.5, 0.6) is 0 Å². The molecule has 0 radical (unpaired) electrons. The molecule has 5 heteroatoms. The van der Waals surface area contributed by atoms with Crippen LogP contribution < -0.4 is 5.32 Å². The molecule has 1 N–H and O–H groups in total. The molecule has 1 aromatic carbocycles. The third-order valence-corrected chi connectivity index (χ3v) is 3.63. The summed E-state index contributed by atoms with van der Waals surface area (Å²) < 4.78 is 13.7. The van der Waals surface area contributed by atoms with E-state index >= 15 is 0 Å². The van der Waals surface area contributed by atoms with Crippen molar-refractivity contribution >= 4 is 21.8 Å². The summed E-state index contributed by atoms with van der Waals surface area (Å²) in [7, 11) is 0. The van der Waals surface area contributed by atoms with Crippen molar-refractivity contribution in [2.24, 2.45) is 0 Å². The average molecular weight is 317 g/mol. The van der Waals surface area contributed by atoms with E-state index in [4.69, 9.17) is 0 Å². The van der Waals surface area contributed by atoms with Gasteiger partial charge in [0.25, 0.3) is 0 Å². The van der Waals surface area contributed by atoms with Crippen LogP contribution in [0.3, 0.4) is 0 Å². The molecule has 1 aromatic rings. The van der Waals surface area contributed by atoms with E-state index in [1.807, 2.05) is 19.9 Å². The Balaban J connectivity index is 2.47.